The number of ether oxygens (including phenoxy) is 1. The van der Waals surface area contributed by atoms with Crippen molar-refractivity contribution >= 4 is 17.4 Å². The third-order valence-electron chi connectivity index (χ3n) is 4.32. The van der Waals surface area contributed by atoms with Gasteiger partial charge in [0, 0.05) is 30.2 Å². The minimum Gasteiger partial charge on any atom is -0.497 e. The van der Waals surface area contributed by atoms with E-state index in [0.717, 1.165) is 0 Å². The number of carbonyl (C=O) groups excluding carboxylic acids is 2. The van der Waals surface area contributed by atoms with E-state index < -0.39 is 17.6 Å². The van der Waals surface area contributed by atoms with E-state index in [1.54, 1.807) is 42.5 Å². The fraction of sp³-hybridized carbons (Fsp3) is 0.182. The molecule has 0 saturated carbocycles. The number of rotatable bonds is 8. The monoisotopic (exact) mass is 407 g/mol. The summed E-state index contributed by atoms with van der Waals surface area (Å²) in [5.74, 6) is -1.82. The zero-order chi connectivity index (χ0) is 21.5. The molecule has 0 aliphatic rings. The lowest BCUT2D eigenvalue weighted by atomic mass is 10.0. The Bertz CT molecular complexity index is 1090. The first-order valence-electron chi connectivity index (χ1n) is 9.08. The highest BCUT2D eigenvalue weighted by Crippen LogP contribution is 2.22. The predicted molar refractivity (Wildman–Crippen MR) is 106 cm³/mol. The van der Waals surface area contributed by atoms with Crippen LogP contribution in [0, 0.1) is 23.1 Å². The van der Waals surface area contributed by atoms with Crippen LogP contribution >= 0.6 is 0 Å². The minimum atomic E-state index is -1.46. The largest absolute Gasteiger partial charge is 0.497 e. The normalized spacial score (nSPS) is 11.4. The molecule has 0 saturated heterocycles. The van der Waals surface area contributed by atoms with Gasteiger partial charge in [-0.2, -0.15) is 5.26 Å². The van der Waals surface area contributed by atoms with Crippen LogP contribution in [0.15, 0.2) is 59.1 Å². The Morgan fingerprint density at radius 3 is 2.73 bits per heavy atom. The van der Waals surface area contributed by atoms with Gasteiger partial charge in [0.05, 0.1) is 19.4 Å². The van der Waals surface area contributed by atoms with Crippen molar-refractivity contribution in [3.8, 4) is 23.1 Å². The molecule has 0 aliphatic heterocycles. The first-order chi connectivity index (χ1) is 14.5. The van der Waals surface area contributed by atoms with E-state index in [1.165, 1.54) is 25.4 Å². The molecule has 0 radical (unpaired) electrons. The molecule has 1 N–H and O–H groups in total. The molecule has 30 heavy (non-hydrogen) atoms. The summed E-state index contributed by atoms with van der Waals surface area (Å²) in [6.07, 6.45) is 1.52. The van der Waals surface area contributed by atoms with Gasteiger partial charge in [-0.05, 0) is 36.4 Å². The number of hydrogen-bond acceptors (Lipinski definition) is 6. The highest BCUT2D eigenvalue weighted by molar-refractivity contribution is 6.09. The molecule has 1 aromatic heterocycles. The molecule has 0 fully saturated rings. The lowest BCUT2D eigenvalue weighted by Crippen LogP contribution is -2.28. The first kappa shape index (κ1) is 20.7. The number of aryl methyl sites for hydroxylation is 1. The Morgan fingerprint density at radius 2 is 2.03 bits per heavy atom. The number of nitrogens with zero attached hydrogens (tertiary/aromatic N) is 2. The summed E-state index contributed by atoms with van der Waals surface area (Å²) in [6.45, 7) is 0. The number of anilines is 1. The van der Waals surface area contributed by atoms with E-state index in [9.17, 15) is 19.2 Å². The molecule has 1 atom stereocenters. The van der Waals surface area contributed by atoms with Crippen molar-refractivity contribution < 1.29 is 23.1 Å². The maximum Gasteiger partial charge on any atom is 0.249 e. The van der Waals surface area contributed by atoms with Crippen LogP contribution < -0.4 is 10.1 Å². The van der Waals surface area contributed by atoms with Crippen LogP contribution in [-0.2, 0) is 16.0 Å². The number of benzene rings is 2. The molecule has 1 heterocycles. The van der Waals surface area contributed by atoms with E-state index >= 15 is 0 Å². The maximum atomic E-state index is 13.0. The molecule has 152 valence electrons. The van der Waals surface area contributed by atoms with Gasteiger partial charge in [-0.25, -0.2) is 9.37 Å². The number of ketones is 1. The molecule has 1 unspecified atom stereocenters. The molecule has 0 bridgehead atoms. The average Bonchev–Trinajstić information content (AvgIpc) is 3.22. The number of halogens is 1. The molecule has 3 rings (SSSR count). The third-order valence-corrected chi connectivity index (χ3v) is 4.32. The second kappa shape index (κ2) is 9.47. The summed E-state index contributed by atoms with van der Waals surface area (Å²) in [5, 5.41) is 11.8. The topological polar surface area (TPSA) is 105 Å². The zero-order valence-corrected chi connectivity index (χ0v) is 16.1. The lowest BCUT2D eigenvalue weighted by Gasteiger charge is -2.10. The highest BCUT2D eigenvalue weighted by atomic mass is 19.1. The molecular formula is C22H18FN3O4. The Hall–Kier alpha value is -3.99. The fourth-order valence-electron chi connectivity index (χ4n) is 2.74. The van der Waals surface area contributed by atoms with E-state index in [0.29, 0.717) is 22.8 Å². The number of carbonyl (C=O) groups is 2. The molecule has 2 aromatic carbocycles. The summed E-state index contributed by atoms with van der Waals surface area (Å²) in [6, 6.07) is 14.1. The van der Waals surface area contributed by atoms with Gasteiger partial charge in [0.1, 0.15) is 11.6 Å². The second-order valence-electron chi connectivity index (χ2n) is 6.37. The van der Waals surface area contributed by atoms with Crippen molar-refractivity contribution in [2.75, 3.05) is 12.4 Å². The molecule has 0 spiro atoms. The summed E-state index contributed by atoms with van der Waals surface area (Å²) < 4.78 is 23.7. The summed E-state index contributed by atoms with van der Waals surface area (Å²) in [7, 11) is 1.49. The number of Topliss-reactive ketones (excluding diaryl/α,β-unsaturated/α-hetero) is 1. The van der Waals surface area contributed by atoms with E-state index in [2.05, 4.69) is 10.3 Å². The van der Waals surface area contributed by atoms with Gasteiger partial charge < -0.3 is 14.5 Å². The van der Waals surface area contributed by atoms with Crippen LogP contribution in [-0.4, -0.2) is 23.8 Å². The van der Waals surface area contributed by atoms with Crippen molar-refractivity contribution in [2.24, 2.45) is 5.92 Å². The van der Waals surface area contributed by atoms with Gasteiger partial charge in [-0.15, -0.1) is 0 Å². The van der Waals surface area contributed by atoms with Gasteiger partial charge in [-0.3, -0.25) is 9.59 Å². The highest BCUT2D eigenvalue weighted by Gasteiger charge is 2.26. The van der Waals surface area contributed by atoms with Gasteiger partial charge in [-0.1, -0.05) is 6.07 Å². The number of aromatic nitrogens is 1. The maximum absolute atomic E-state index is 13.0. The van der Waals surface area contributed by atoms with Crippen molar-refractivity contribution in [1.82, 2.24) is 4.98 Å². The Balaban J connectivity index is 1.59. The molecule has 7 nitrogen and oxygen atoms in total. The number of oxazole rings is 1. The Labute approximate surface area is 172 Å². The van der Waals surface area contributed by atoms with Gasteiger partial charge in [0.2, 0.25) is 5.91 Å². The lowest BCUT2D eigenvalue weighted by molar-refractivity contribution is -0.128. The molecule has 0 aliphatic carbocycles. The number of methoxy groups -OCH3 is 1. The van der Waals surface area contributed by atoms with E-state index in [1.807, 2.05) is 0 Å². The van der Waals surface area contributed by atoms with E-state index in [4.69, 9.17) is 9.15 Å². The molecule has 1 amide bonds. The number of nitriles is 1. The molecule has 8 heteroatoms. The van der Waals surface area contributed by atoms with Crippen LogP contribution in [0.1, 0.15) is 12.3 Å². The summed E-state index contributed by atoms with van der Waals surface area (Å²) in [5.41, 5.74) is 1.07. The van der Waals surface area contributed by atoms with Gasteiger partial charge >= 0.3 is 0 Å². The van der Waals surface area contributed by atoms with Crippen molar-refractivity contribution in [3.05, 3.63) is 66.4 Å². The summed E-state index contributed by atoms with van der Waals surface area (Å²) >= 11 is 0. The smallest absolute Gasteiger partial charge is 0.249 e. The SMILES string of the molecule is COc1cccc(NC(=O)C(C#N)C(=O)CCc2ncc(-c3ccc(F)cc3)o2)c1. The first-order valence-corrected chi connectivity index (χ1v) is 9.08. The van der Waals surface area contributed by atoms with E-state index in [-0.39, 0.29) is 24.5 Å². The Kier molecular flexibility index (Phi) is 6.55. The van der Waals surface area contributed by atoms with Crippen LogP contribution in [0.4, 0.5) is 10.1 Å². The number of hydrogen-bond donors (Lipinski definition) is 1. The minimum absolute atomic E-state index is 0.0902. The van der Waals surface area contributed by atoms with Gasteiger partial charge in [0.25, 0.3) is 0 Å². The third kappa shape index (κ3) is 5.08. The predicted octanol–water partition coefficient (Wildman–Crippen LogP) is 3.77. The number of nitrogens with one attached hydrogen (secondary N) is 1. The molecule has 3 aromatic rings. The van der Waals surface area contributed by atoms with Crippen LogP contribution in [0.2, 0.25) is 0 Å². The van der Waals surface area contributed by atoms with Crippen LogP contribution in [0.25, 0.3) is 11.3 Å². The zero-order valence-electron chi connectivity index (χ0n) is 16.1. The standard InChI is InChI=1S/C22H18FN3O4/c1-29-17-4-2-3-16(11-17)26-22(28)18(12-24)19(27)9-10-21-25-13-20(30-21)14-5-7-15(23)8-6-14/h2-8,11,13,18H,9-10H2,1H3,(H,26,28). The van der Waals surface area contributed by atoms with Crippen LogP contribution in [0.3, 0.4) is 0 Å². The second-order valence-corrected chi connectivity index (χ2v) is 6.37. The summed E-state index contributed by atoms with van der Waals surface area (Å²) in [4.78, 5) is 28.8. The van der Waals surface area contributed by atoms with Gasteiger partial charge in [0.15, 0.2) is 23.4 Å². The Morgan fingerprint density at radius 1 is 1.27 bits per heavy atom. The quantitative estimate of drug-likeness (QED) is 0.570. The van der Waals surface area contributed by atoms with Crippen molar-refractivity contribution in [2.45, 2.75) is 12.8 Å². The number of amides is 1. The fourth-order valence-corrected chi connectivity index (χ4v) is 2.74. The average molecular weight is 407 g/mol. The molecular weight excluding hydrogens is 389 g/mol. The van der Waals surface area contributed by atoms with Crippen molar-refractivity contribution in [1.29, 1.82) is 5.26 Å². The van der Waals surface area contributed by atoms with Crippen LogP contribution in [0.5, 0.6) is 5.75 Å². The van der Waals surface area contributed by atoms with Crippen molar-refractivity contribution in [3.63, 3.8) is 0 Å².